The SMILES string of the molecule is Fc1cccc(C(CCl)Cc2cccc(Cl)c2)c1. The zero-order valence-corrected chi connectivity index (χ0v) is 11.3. The smallest absolute Gasteiger partial charge is 0.123 e. The summed E-state index contributed by atoms with van der Waals surface area (Å²) in [6, 6.07) is 14.3. The molecule has 0 aromatic heterocycles. The minimum Gasteiger partial charge on any atom is -0.207 e. The molecule has 3 heteroatoms. The van der Waals surface area contributed by atoms with Crippen LogP contribution in [0.4, 0.5) is 4.39 Å². The third-order valence-electron chi connectivity index (χ3n) is 2.88. The van der Waals surface area contributed by atoms with E-state index in [1.165, 1.54) is 12.1 Å². The Kier molecular flexibility index (Phi) is 4.62. The van der Waals surface area contributed by atoms with Crippen LogP contribution in [-0.2, 0) is 6.42 Å². The van der Waals surface area contributed by atoms with Gasteiger partial charge in [0, 0.05) is 16.8 Å². The lowest BCUT2D eigenvalue weighted by Crippen LogP contribution is -2.05. The summed E-state index contributed by atoms with van der Waals surface area (Å²) in [6.45, 7) is 0. The predicted molar refractivity (Wildman–Crippen MR) is 75.0 cm³/mol. The second-order valence-electron chi connectivity index (χ2n) is 4.24. The van der Waals surface area contributed by atoms with Crippen molar-refractivity contribution in [2.24, 2.45) is 0 Å². The van der Waals surface area contributed by atoms with Crippen molar-refractivity contribution in [2.75, 3.05) is 5.88 Å². The quantitative estimate of drug-likeness (QED) is 0.689. The van der Waals surface area contributed by atoms with Gasteiger partial charge in [0.2, 0.25) is 0 Å². The van der Waals surface area contributed by atoms with Crippen LogP contribution in [-0.4, -0.2) is 5.88 Å². The number of halogens is 3. The van der Waals surface area contributed by atoms with E-state index in [0.29, 0.717) is 10.9 Å². The van der Waals surface area contributed by atoms with Gasteiger partial charge in [-0.15, -0.1) is 11.6 Å². The number of benzene rings is 2. The number of alkyl halides is 1. The Morgan fingerprint density at radius 3 is 2.50 bits per heavy atom. The summed E-state index contributed by atoms with van der Waals surface area (Å²) in [4.78, 5) is 0. The maximum absolute atomic E-state index is 13.2. The van der Waals surface area contributed by atoms with Gasteiger partial charge in [-0.25, -0.2) is 4.39 Å². The van der Waals surface area contributed by atoms with Gasteiger partial charge in [-0.2, -0.15) is 0 Å². The van der Waals surface area contributed by atoms with Crippen LogP contribution in [0.25, 0.3) is 0 Å². The molecular weight excluding hydrogens is 270 g/mol. The van der Waals surface area contributed by atoms with Gasteiger partial charge in [-0.3, -0.25) is 0 Å². The van der Waals surface area contributed by atoms with E-state index in [-0.39, 0.29) is 11.7 Å². The first kappa shape index (κ1) is 13.4. The molecule has 0 fully saturated rings. The summed E-state index contributed by atoms with van der Waals surface area (Å²) in [5.74, 6) is 0.324. The molecule has 0 saturated heterocycles. The molecule has 94 valence electrons. The van der Waals surface area contributed by atoms with Crippen LogP contribution >= 0.6 is 23.2 Å². The van der Waals surface area contributed by atoms with E-state index in [4.69, 9.17) is 23.2 Å². The molecule has 0 radical (unpaired) electrons. The van der Waals surface area contributed by atoms with Gasteiger partial charge in [0.25, 0.3) is 0 Å². The molecule has 0 heterocycles. The Hall–Kier alpha value is -1.05. The highest BCUT2D eigenvalue weighted by Crippen LogP contribution is 2.24. The molecular formula is C15H13Cl2F. The highest BCUT2D eigenvalue weighted by molar-refractivity contribution is 6.30. The maximum Gasteiger partial charge on any atom is 0.123 e. The fourth-order valence-electron chi connectivity index (χ4n) is 1.97. The second kappa shape index (κ2) is 6.21. The fraction of sp³-hybridized carbons (Fsp3) is 0.200. The van der Waals surface area contributed by atoms with Crippen LogP contribution in [0, 0.1) is 5.82 Å². The van der Waals surface area contributed by atoms with E-state index in [2.05, 4.69) is 0 Å². The minimum absolute atomic E-state index is 0.0980. The average molecular weight is 283 g/mol. The van der Waals surface area contributed by atoms with Crippen molar-refractivity contribution >= 4 is 23.2 Å². The minimum atomic E-state index is -0.228. The van der Waals surface area contributed by atoms with E-state index in [1.54, 1.807) is 6.07 Å². The fourth-order valence-corrected chi connectivity index (χ4v) is 2.47. The Bertz CT molecular complexity index is 525. The topological polar surface area (TPSA) is 0 Å². The van der Waals surface area contributed by atoms with Gasteiger partial charge < -0.3 is 0 Å². The van der Waals surface area contributed by atoms with Crippen molar-refractivity contribution in [2.45, 2.75) is 12.3 Å². The molecule has 0 bridgehead atoms. The van der Waals surface area contributed by atoms with Crippen molar-refractivity contribution in [1.29, 1.82) is 0 Å². The van der Waals surface area contributed by atoms with E-state index >= 15 is 0 Å². The maximum atomic E-state index is 13.2. The normalized spacial score (nSPS) is 12.4. The molecule has 0 aliphatic heterocycles. The first-order valence-corrected chi connectivity index (χ1v) is 6.66. The molecule has 0 spiro atoms. The molecule has 0 nitrogen and oxygen atoms in total. The molecule has 0 aliphatic carbocycles. The van der Waals surface area contributed by atoms with Crippen LogP contribution in [0.15, 0.2) is 48.5 Å². The molecule has 0 aliphatic rings. The largest absolute Gasteiger partial charge is 0.207 e. The summed E-state index contributed by atoms with van der Waals surface area (Å²) in [5, 5.41) is 0.708. The first-order valence-electron chi connectivity index (χ1n) is 5.75. The van der Waals surface area contributed by atoms with E-state index in [9.17, 15) is 4.39 Å². The third kappa shape index (κ3) is 3.47. The zero-order chi connectivity index (χ0) is 13.0. The predicted octanol–water partition coefficient (Wildman–Crippen LogP) is 5.04. The van der Waals surface area contributed by atoms with Crippen LogP contribution in [0.3, 0.4) is 0 Å². The van der Waals surface area contributed by atoms with Crippen molar-refractivity contribution in [1.82, 2.24) is 0 Å². The van der Waals surface area contributed by atoms with Crippen molar-refractivity contribution in [3.05, 3.63) is 70.5 Å². The number of rotatable bonds is 4. The lowest BCUT2D eigenvalue weighted by molar-refractivity contribution is 0.621. The zero-order valence-electron chi connectivity index (χ0n) is 9.74. The second-order valence-corrected chi connectivity index (χ2v) is 4.99. The van der Waals surface area contributed by atoms with Gasteiger partial charge in [0.1, 0.15) is 5.82 Å². The molecule has 18 heavy (non-hydrogen) atoms. The summed E-state index contributed by atoms with van der Waals surface area (Å²) >= 11 is 11.9. The van der Waals surface area contributed by atoms with Crippen molar-refractivity contribution in [3.63, 3.8) is 0 Å². The molecule has 2 aromatic rings. The first-order chi connectivity index (χ1) is 8.69. The van der Waals surface area contributed by atoms with Gasteiger partial charge in [-0.05, 0) is 41.8 Å². The number of hydrogen-bond acceptors (Lipinski definition) is 0. The Morgan fingerprint density at radius 2 is 1.83 bits per heavy atom. The summed E-state index contributed by atoms with van der Waals surface area (Å²) < 4.78 is 13.2. The molecule has 0 N–H and O–H groups in total. The highest BCUT2D eigenvalue weighted by atomic mass is 35.5. The highest BCUT2D eigenvalue weighted by Gasteiger charge is 2.12. The van der Waals surface area contributed by atoms with Crippen molar-refractivity contribution < 1.29 is 4.39 Å². The molecule has 2 rings (SSSR count). The van der Waals surface area contributed by atoms with Gasteiger partial charge in [0.15, 0.2) is 0 Å². The Labute approximate surface area is 116 Å². The summed E-state index contributed by atoms with van der Waals surface area (Å²) in [7, 11) is 0. The Balaban J connectivity index is 2.19. The van der Waals surface area contributed by atoms with Gasteiger partial charge in [0.05, 0.1) is 0 Å². The van der Waals surface area contributed by atoms with Gasteiger partial charge >= 0.3 is 0 Å². The summed E-state index contributed by atoms with van der Waals surface area (Å²) in [6.07, 6.45) is 0.757. The van der Waals surface area contributed by atoms with E-state index < -0.39 is 0 Å². The van der Waals surface area contributed by atoms with Crippen LogP contribution in [0.2, 0.25) is 5.02 Å². The van der Waals surface area contributed by atoms with Crippen LogP contribution in [0.1, 0.15) is 17.0 Å². The number of hydrogen-bond donors (Lipinski definition) is 0. The molecule has 0 saturated carbocycles. The molecule has 0 amide bonds. The molecule has 1 unspecified atom stereocenters. The standard InChI is InChI=1S/C15H13Cl2F/c16-10-13(12-4-2-6-15(18)9-12)7-11-3-1-5-14(17)8-11/h1-6,8-9,13H,7,10H2. The monoisotopic (exact) mass is 282 g/mol. The molecule has 1 atom stereocenters. The Morgan fingerprint density at radius 1 is 1.06 bits per heavy atom. The van der Waals surface area contributed by atoms with Crippen LogP contribution < -0.4 is 0 Å². The van der Waals surface area contributed by atoms with E-state index in [1.807, 2.05) is 30.3 Å². The average Bonchev–Trinajstić information content (AvgIpc) is 2.36. The summed E-state index contributed by atoms with van der Waals surface area (Å²) in [5.41, 5.74) is 2.03. The molecule has 2 aromatic carbocycles. The van der Waals surface area contributed by atoms with Crippen molar-refractivity contribution in [3.8, 4) is 0 Å². The van der Waals surface area contributed by atoms with E-state index in [0.717, 1.165) is 17.5 Å². The lowest BCUT2D eigenvalue weighted by atomic mass is 9.93. The van der Waals surface area contributed by atoms with Crippen LogP contribution in [0.5, 0.6) is 0 Å². The van der Waals surface area contributed by atoms with Gasteiger partial charge in [-0.1, -0.05) is 35.9 Å². The lowest BCUT2D eigenvalue weighted by Gasteiger charge is -2.14. The third-order valence-corrected chi connectivity index (χ3v) is 3.49.